The summed E-state index contributed by atoms with van der Waals surface area (Å²) in [5.74, 6) is 2.05. The minimum absolute atomic E-state index is 0.152. The van der Waals surface area contributed by atoms with Crippen LogP contribution in [0.4, 0.5) is 0 Å². The number of rotatable bonds is 5. The molecule has 0 spiro atoms. The molecule has 0 aromatic carbocycles. The van der Waals surface area contributed by atoms with Crippen LogP contribution in [-0.4, -0.2) is 42.5 Å². The number of hydrogen-bond donors (Lipinski definition) is 1. The summed E-state index contributed by atoms with van der Waals surface area (Å²) in [6, 6.07) is 1.98. The number of piperidine rings is 1. The van der Waals surface area contributed by atoms with Gasteiger partial charge in [-0.1, -0.05) is 0 Å². The van der Waals surface area contributed by atoms with Gasteiger partial charge in [-0.2, -0.15) is 11.3 Å². The number of nitrogens with one attached hydrogen (secondary N) is 1. The summed E-state index contributed by atoms with van der Waals surface area (Å²) < 4.78 is 5.72. The summed E-state index contributed by atoms with van der Waals surface area (Å²) in [6.45, 7) is 4.54. The number of carbonyl (C=O) groups excluding carboxylic acids is 1. The Morgan fingerprint density at radius 1 is 1.57 bits per heavy atom. The second-order valence-electron chi connectivity index (χ2n) is 6.12. The Hall–Kier alpha value is -1.66. The van der Waals surface area contributed by atoms with Crippen LogP contribution in [0.25, 0.3) is 11.5 Å². The van der Waals surface area contributed by atoms with E-state index < -0.39 is 0 Å². The van der Waals surface area contributed by atoms with Crippen molar-refractivity contribution in [2.45, 2.75) is 26.2 Å². The predicted molar refractivity (Wildman–Crippen MR) is 91.5 cm³/mol. The van der Waals surface area contributed by atoms with Gasteiger partial charge in [0.2, 0.25) is 11.8 Å². The molecule has 2 aromatic rings. The van der Waals surface area contributed by atoms with E-state index in [0.717, 1.165) is 43.1 Å². The van der Waals surface area contributed by atoms with Crippen molar-refractivity contribution in [1.82, 2.24) is 15.2 Å². The average Bonchev–Trinajstić information content (AvgIpc) is 3.18. The molecule has 0 saturated carbocycles. The topological polar surface area (TPSA) is 58.4 Å². The number of likely N-dealkylation sites (tertiary alicyclic amines) is 1. The van der Waals surface area contributed by atoms with Crippen LogP contribution in [0.5, 0.6) is 0 Å². The lowest BCUT2D eigenvalue weighted by molar-refractivity contribution is -0.132. The second-order valence-corrected chi connectivity index (χ2v) is 6.90. The number of aromatic nitrogens is 1. The number of carbonyl (C=O) groups is 1. The van der Waals surface area contributed by atoms with Crippen molar-refractivity contribution < 1.29 is 9.21 Å². The molecule has 1 saturated heterocycles. The number of amides is 1. The van der Waals surface area contributed by atoms with Crippen molar-refractivity contribution >= 4 is 17.2 Å². The van der Waals surface area contributed by atoms with Crippen LogP contribution in [0, 0.1) is 12.8 Å². The van der Waals surface area contributed by atoms with Crippen LogP contribution in [0.3, 0.4) is 0 Å². The summed E-state index contributed by atoms with van der Waals surface area (Å²) in [5.41, 5.74) is 1.73. The molecular formula is C17H23N3O2S. The fourth-order valence-corrected chi connectivity index (χ4v) is 3.73. The molecule has 0 aliphatic carbocycles. The van der Waals surface area contributed by atoms with Gasteiger partial charge in [0, 0.05) is 24.0 Å². The zero-order valence-corrected chi connectivity index (χ0v) is 14.5. The van der Waals surface area contributed by atoms with E-state index in [1.807, 2.05) is 35.7 Å². The number of hydrogen-bond acceptors (Lipinski definition) is 5. The molecule has 1 N–H and O–H groups in total. The molecule has 1 atom stereocenters. The van der Waals surface area contributed by atoms with Crippen LogP contribution in [0.15, 0.2) is 21.2 Å². The Morgan fingerprint density at radius 2 is 2.43 bits per heavy atom. The molecule has 0 radical (unpaired) electrons. The minimum atomic E-state index is 0.152. The minimum Gasteiger partial charge on any atom is -0.441 e. The lowest BCUT2D eigenvalue weighted by Crippen LogP contribution is -2.43. The molecule has 3 rings (SSSR count). The van der Waals surface area contributed by atoms with Gasteiger partial charge in [-0.3, -0.25) is 4.79 Å². The molecule has 124 valence electrons. The Balaban J connectivity index is 1.66. The zero-order chi connectivity index (χ0) is 16.2. The first kappa shape index (κ1) is 16.2. The molecular weight excluding hydrogens is 310 g/mol. The Morgan fingerprint density at radius 3 is 3.17 bits per heavy atom. The molecule has 2 aromatic heterocycles. The largest absolute Gasteiger partial charge is 0.441 e. The van der Waals surface area contributed by atoms with E-state index in [-0.39, 0.29) is 5.91 Å². The van der Waals surface area contributed by atoms with Gasteiger partial charge in [-0.05, 0) is 50.7 Å². The van der Waals surface area contributed by atoms with Crippen LogP contribution < -0.4 is 5.32 Å². The summed E-state index contributed by atoms with van der Waals surface area (Å²) in [4.78, 5) is 19.1. The maximum absolute atomic E-state index is 12.6. The monoisotopic (exact) mass is 333 g/mol. The van der Waals surface area contributed by atoms with Crippen LogP contribution in [0.2, 0.25) is 0 Å². The van der Waals surface area contributed by atoms with E-state index in [2.05, 4.69) is 10.3 Å². The van der Waals surface area contributed by atoms with Crippen LogP contribution in [-0.2, 0) is 11.2 Å². The summed E-state index contributed by atoms with van der Waals surface area (Å²) >= 11 is 1.61. The standard InChI is InChI=1S/C17H23N3O2S/c1-12-15(19-17(22-12)14-5-7-23-11-14)8-16(21)20-6-3-4-13(10-20)9-18-2/h5,7,11,13,18H,3-4,6,8-10H2,1-2H3. The van der Waals surface area contributed by atoms with Crippen molar-refractivity contribution in [2.75, 3.05) is 26.7 Å². The summed E-state index contributed by atoms with van der Waals surface area (Å²) in [7, 11) is 1.96. The number of oxazole rings is 1. The third-order valence-electron chi connectivity index (χ3n) is 4.34. The highest BCUT2D eigenvalue weighted by Gasteiger charge is 2.25. The highest BCUT2D eigenvalue weighted by Crippen LogP contribution is 2.24. The van der Waals surface area contributed by atoms with Gasteiger partial charge in [-0.25, -0.2) is 4.98 Å². The van der Waals surface area contributed by atoms with Gasteiger partial charge < -0.3 is 14.6 Å². The maximum Gasteiger partial charge on any atom is 0.228 e. The molecule has 1 fully saturated rings. The predicted octanol–water partition coefficient (Wildman–Crippen LogP) is 2.71. The van der Waals surface area contributed by atoms with E-state index in [4.69, 9.17) is 4.42 Å². The van der Waals surface area contributed by atoms with Crippen molar-refractivity contribution in [2.24, 2.45) is 5.92 Å². The maximum atomic E-state index is 12.6. The second kappa shape index (κ2) is 7.27. The molecule has 1 aliphatic heterocycles. The lowest BCUT2D eigenvalue weighted by atomic mass is 9.97. The van der Waals surface area contributed by atoms with Crippen LogP contribution >= 0.6 is 11.3 Å². The average molecular weight is 333 g/mol. The molecule has 23 heavy (non-hydrogen) atoms. The van der Waals surface area contributed by atoms with E-state index >= 15 is 0 Å². The first-order valence-electron chi connectivity index (χ1n) is 8.08. The molecule has 5 nitrogen and oxygen atoms in total. The molecule has 1 unspecified atom stereocenters. The number of aryl methyl sites for hydroxylation is 1. The van der Waals surface area contributed by atoms with Gasteiger partial charge in [0.05, 0.1) is 12.1 Å². The highest BCUT2D eigenvalue weighted by atomic mass is 32.1. The summed E-state index contributed by atoms with van der Waals surface area (Å²) in [6.07, 6.45) is 2.59. The normalized spacial score (nSPS) is 18.3. The fourth-order valence-electron chi connectivity index (χ4n) is 3.10. The summed E-state index contributed by atoms with van der Waals surface area (Å²) in [5, 5.41) is 7.21. The van der Waals surface area contributed by atoms with Gasteiger partial charge >= 0.3 is 0 Å². The van der Waals surface area contributed by atoms with Gasteiger partial charge in [-0.15, -0.1) is 0 Å². The Kier molecular flexibility index (Phi) is 5.13. The smallest absolute Gasteiger partial charge is 0.228 e. The number of nitrogens with zero attached hydrogens (tertiary/aromatic N) is 2. The van der Waals surface area contributed by atoms with Gasteiger partial charge in [0.15, 0.2) is 0 Å². The number of thiophene rings is 1. The van der Waals surface area contributed by atoms with Crippen molar-refractivity contribution in [1.29, 1.82) is 0 Å². The van der Waals surface area contributed by atoms with Crippen molar-refractivity contribution in [3.05, 3.63) is 28.3 Å². The molecule has 1 aliphatic rings. The molecule has 1 amide bonds. The van der Waals surface area contributed by atoms with Crippen molar-refractivity contribution in [3.8, 4) is 11.5 Å². The molecule has 3 heterocycles. The first-order valence-corrected chi connectivity index (χ1v) is 9.03. The zero-order valence-electron chi connectivity index (χ0n) is 13.7. The van der Waals surface area contributed by atoms with Gasteiger partial charge in [0.25, 0.3) is 0 Å². The first-order chi connectivity index (χ1) is 11.2. The molecule has 0 bridgehead atoms. The third-order valence-corrected chi connectivity index (χ3v) is 5.03. The Bertz CT molecular complexity index is 649. The van der Waals surface area contributed by atoms with Gasteiger partial charge in [0.1, 0.15) is 5.76 Å². The van der Waals surface area contributed by atoms with Crippen LogP contribution in [0.1, 0.15) is 24.3 Å². The van der Waals surface area contributed by atoms with E-state index in [9.17, 15) is 4.79 Å². The highest BCUT2D eigenvalue weighted by molar-refractivity contribution is 7.08. The van der Waals surface area contributed by atoms with Crippen molar-refractivity contribution in [3.63, 3.8) is 0 Å². The fraction of sp³-hybridized carbons (Fsp3) is 0.529. The van der Waals surface area contributed by atoms with E-state index in [1.165, 1.54) is 6.42 Å². The van der Waals surface area contributed by atoms with E-state index in [1.54, 1.807) is 11.3 Å². The SMILES string of the molecule is CNCC1CCCN(C(=O)Cc2nc(-c3ccsc3)oc2C)C1. The third kappa shape index (κ3) is 3.82. The quantitative estimate of drug-likeness (QED) is 0.914. The lowest BCUT2D eigenvalue weighted by Gasteiger charge is -2.32. The Labute approximate surface area is 140 Å². The molecule has 6 heteroatoms. The van der Waals surface area contributed by atoms with E-state index in [0.29, 0.717) is 18.2 Å².